The van der Waals surface area contributed by atoms with Crippen LogP contribution in [0.4, 0.5) is 13.2 Å². The number of hydrogen-bond donors (Lipinski definition) is 1. The number of nitrogens with zero attached hydrogens (tertiary/aromatic N) is 3. The number of aromatic nitrogens is 4. The van der Waals surface area contributed by atoms with Crippen molar-refractivity contribution in [1.29, 1.82) is 0 Å². The van der Waals surface area contributed by atoms with Crippen LogP contribution >= 0.6 is 23.4 Å². The summed E-state index contributed by atoms with van der Waals surface area (Å²) in [6, 6.07) is 2.33. The number of aromatic amines is 1. The lowest BCUT2D eigenvalue weighted by atomic mass is 10.1. The van der Waals surface area contributed by atoms with Crippen LogP contribution in [0.5, 0.6) is 6.01 Å². The van der Waals surface area contributed by atoms with E-state index in [4.69, 9.17) is 16.3 Å². The zero-order valence-corrected chi connectivity index (χ0v) is 15.4. The van der Waals surface area contributed by atoms with Gasteiger partial charge in [0.15, 0.2) is 0 Å². The summed E-state index contributed by atoms with van der Waals surface area (Å²) < 4.78 is 46.9. The number of rotatable bonds is 2. The van der Waals surface area contributed by atoms with Crippen LogP contribution in [-0.4, -0.2) is 31.4 Å². The smallest absolute Gasteiger partial charge is 0.417 e. The van der Waals surface area contributed by atoms with Gasteiger partial charge in [0.2, 0.25) is 0 Å². The SMILES string of the molecule is O=c1[nH]c(=O)n2c3c(c(Cl)c(C(F)(F)F)cc13)SC[C@@H](Oc1ncccn1)C2. The summed E-state index contributed by atoms with van der Waals surface area (Å²) >= 11 is 7.01. The summed E-state index contributed by atoms with van der Waals surface area (Å²) in [5.74, 6) is 0.170. The van der Waals surface area contributed by atoms with Crippen molar-refractivity contribution in [1.82, 2.24) is 19.5 Å². The highest BCUT2D eigenvalue weighted by Crippen LogP contribution is 2.44. The molecule has 4 rings (SSSR count). The quantitative estimate of drug-likeness (QED) is 0.672. The zero-order chi connectivity index (χ0) is 20.1. The molecule has 0 unspecified atom stereocenters. The molecule has 1 N–H and O–H groups in total. The fraction of sp³-hybridized carbons (Fsp3) is 0.250. The van der Waals surface area contributed by atoms with Crippen molar-refractivity contribution in [2.45, 2.75) is 23.7 Å². The molecule has 0 saturated carbocycles. The molecule has 7 nitrogen and oxygen atoms in total. The number of hydrogen-bond acceptors (Lipinski definition) is 6. The van der Waals surface area contributed by atoms with Gasteiger partial charge in [-0.2, -0.15) is 13.2 Å². The first-order valence-corrected chi connectivity index (χ1v) is 9.25. The molecule has 0 fully saturated rings. The van der Waals surface area contributed by atoms with Gasteiger partial charge in [0.1, 0.15) is 6.10 Å². The maximum atomic E-state index is 13.4. The molecule has 3 aromatic rings. The van der Waals surface area contributed by atoms with E-state index in [0.717, 1.165) is 16.3 Å². The second-order valence-corrected chi connectivity index (χ2v) is 7.32. The van der Waals surface area contributed by atoms with Gasteiger partial charge in [0.05, 0.1) is 32.9 Å². The lowest BCUT2D eigenvalue weighted by Gasteiger charge is -2.16. The Balaban J connectivity index is 1.90. The molecule has 1 aliphatic heterocycles. The third-order valence-corrected chi connectivity index (χ3v) is 5.82. The van der Waals surface area contributed by atoms with Gasteiger partial charge in [-0.15, -0.1) is 11.8 Å². The van der Waals surface area contributed by atoms with Crippen molar-refractivity contribution in [3.8, 4) is 6.01 Å². The van der Waals surface area contributed by atoms with Gasteiger partial charge in [-0.25, -0.2) is 14.8 Å². The molecule has 12 heteroatoms. The van der Waals surface area contributed by atoms with Gasteiger partial charge in [-0.1, -0.05) is 11.6 Å². The number of ether oxygens (including phenoxy) is 1. The Morgan fingerprint density at radius 2 is 2.00 bits per heavy atom. The molecule has 28 heavy (non-hydrogen) atoms. The van der Waals surface area contributed by atoms with E-state index in [0.29, 0.717) is 6.07 Å². The Labute approximate surface area is 163 Å². The molecule has 0 aliphatic carbocycles. The van der Waals surface area contributed by atoms with Crippen molar-refractivity contribution in [3.63, 3.8) is 0 Å². The number of halogens is 4. The van der Waals surface area contributed by atoms with E-state index < -0.39 is 34.1 Å². The van der Waals surface area contributed by atoms with E-state index in [-0.39, 0.29) is 34.1 Å². The zero-order valence-electron chi connectivity index (χ0n) is 13.8. The van der Waals surface area contributed by atoms with E-state index in [2.05, 4.69) is 9.97 Å². The van der Waals surface area contributed by atoms with Crippen molar-refractivity contribution >= 4 is 34.3 Å². The second-order valence-electron chi connectivity index (χ2n) is 5.91. The van der Waals surface area contributed by atoms with Crippen LogP contribution in [0.3, 0.4) is 0 Å². The van der Waals surface area contributed by atoms with E-state index >= 15 is 0 Å². The number of alkyl halides is 3. The molecular formula is C16H10ClF3N4O3S. The van der Waals surface area contributed by atoms with E-state index in [9.17, 15) is 22.8 Å². The number of nitrogens with one attached hydrogen (secondary N) is 1. The molecule has 1 aliphatic rings. The lowest BCUT2D eigenvalue weighted by molar-refractivity contribution is -0.137. The molecule has 146 valence electrons. The standard InChI is InChI=1S/C16H10ClF3N4O3S/c17-10-9(16(18,19)20)4-8-11-12(10)28-6-7(27-14-21-2-1-3-22-14)5-24(11)15(26)23-13(8)25/h1-4,7H,5-6H2,(H,23,25,26)/t7-/m0/s1. The minimum Gasteiger partial charge on any atom is -0.457 e. The topological polar surface area (TPSA) is 89.9 Å². The molecule has 0 spiro atoms. The fourth-order valence-electron chi connectivity index (χ4n) is 2.91. The first-order valence-electron chi connectivity index (χ1n) is 7.88. The Kier molecular flexibility index (Phi) is 4.58. The minimum absolute atomic E-state index is 0.00905. The van der Waals surface area contributed by atoms with Gasteiger partial charge in [-0.3, -0.25) is 14.3 Å². The van der Waals surface area contributed by atoms with Gasteiger partial charge in [-0.05, 0) is 12.1 Å². The Morgan fingerprint density at radius 1 is 1.29 bits per heavy atom. The van der Waals surface area contributed by atoms with Crippen LogP contribution in [-0.2, 0) is 12.7 Å². The van der Waals surface area contributed by atoms with E-state index in [1.807, 2.05) is 4.98 Å². The van der Waals surface area contributed by atoms with Crippen LogP contribution in [0.1, 0.15) is 5.56 Å². The number of benzene rings is 1. The second kappa shape index (κ2) is 6.82. The van der Waals surface area contributed by atoms with E-state index in [1.165, 1.54) is 12.4 Å². The molecule has 2 aromatic heterocycles. The van der Waals surface area contributed by atoms with Crippen LogP contribution < -0.4 is 16.0 Å². The lowest BCUT2D eigenvalue weighted by Crippen LogP contribution is -2.35. The molecule has 0 amide bonds. The predicted molar refractivity (Wildman–Crippen MR) is 96.0 cm³/mol. The average molecular weight is 431 g/mol. The normalized spacial score (nSPS) is 16.8. The van der Waals surface area contributed by atoms with Crippen LogP contribution in [0.15, 0.2) is 39.0 Å². The Morgan fingerprint density at radius 3 is 2.68 bits per heavy atom. The van der Waals surface area contributed by atoms with Gasteiger partial charge < -0.3 is 4.74 Å². The van der Waals surface area contributed by atoms with Crippen LogP contribution in [0.2, 0.25) is 5.02 Å². The highest BCUT2D eigenvalue weighted by atomic mass is 35.5. The summed E-state index contributed by atoms with van der Waals surface area (Å²) in [6.07, 6.45) is -2.46. The summed E-state index contributed by atoms with van der Waals surface area (Å²) in [7, 11) is 0. The highest BCUT2D eigenvalue weighted by molar-refractivity contribution is 7.99. The molecule has 0 bridgehead atoms. The largest absolute Gasteiger partial charge is 0.457 e. The number of H-pyrrole nitrogens is 1. The van der Waals surface area contributed by atoms with Gasteiger partial charge >= 0.3 is 17.9 Å². The summed E-state index contributed by atoms with van der Waals surface area (Å²) in [4.78, 5) is 34.5. The Hall–Kier alpha value is -2.53. The van der Waals surface area contributed by atoms with Gasteiger partial charge in [0.25, 0.3) is 5.56 Å². The molecular weight excluding hydrogens is 421 g/mol. The summed E-state index contributed by atoms with van der Waals surface area (Å²) in [6.45, 7) is -0.0218. The van der Waals surface area contributed by atoms with Crippen molar-refractivity contribution < 1.29 is 17.9 Å². The maximum absolute atomic E-state index is 13.4. The van der Waals surface area contributed by atoms with Crippen LogP contribution in [0.25, 0.3) is 10.9 Å². The summed E-state index contributed by atoms with van der Waals surface area (Å²) in [5, 5.41) is -0.823. The maximum Gasteiger partial charge on any atom is 0.417 e. The van der Waals surface area contributed by atoms with E-state index in [1.54, 1.807) is 6.07 Å². The van der Waals surface area contributed by atoms with Crippen LogP contribution in [0, 0.1) is 0 Å². The monoisotopic (exact) mass is 430 g/mol. The third kappa shape index (κ3) is 3.24. The summed E-state index contributed by atoms with van der Waals surface area (Å²) in [5.41, 5.74) is -2.76. The Bertz CT molecular complexity index is 1180. The van der Waals surface area contributed by atoms with Gasteiger partial charge in [0, 0.05) is 18.1 Å². The van der Waals surface area contributed by atoms with Crippen molar-refractivity contribution in [3.05, 3.63) is 56.0 Å². The molecule has 1 atom stereocenters. The third-order valence-electron chi connectivity index (χ3n) is 4.09. The fourth-order valence-corrected chi connectivity index (χ4v) is 4.45. The first kappa shape index (κ1) is 18.8. The molecule has 3 heterocycles. The first-order chi connectivity index (χ1) is 13.3. The highest BCUT2D eigenvalue weighted by Gasteiger charge is 2.37. The average Bonchev–Trinajstić information content (AvgIpc) is 2.82. The van der Waals surface area contributed by atoms with Crippen molar-refractivity contribution in [2.24, 2.45) is 0 Å². The molecule has 0 saturated heterocycles. The molecule has 0 radical (unpaired) electrons. The van der Waals surface area contributed by atoms with Crippen molar-refractivity contribution in [2.75, 3.05) is 5.75 Å². The predicted octanol–water partition coefficient (Wildman–Crippen LogP) is 2.71. The molecule has 1 aromatic carbocycles. The minimum atomic E-state index is -4.75. The number of thioether (sulfide) groups is 1.